The zero-order valence-electron chi connectivity index (χ0n) is 26.8. The zero-order valence-corrected chi connectivity index (χ0v) is 28.3. The maximum atomic E-state index is 14.6. The van der Waals surface area contributed by atoms with Crippen LogP contribution in [0.5, 0.6) is 0 Å². The molecule has 0 bridgehead atoms. The van der Waals surface area contributed by atoms with Crippen molar-refractivity contribution in [3.8, 4) is 0 Å². The molecule has 46 heavy (non-hydrogen) atoms. The second-order valence-electron chi connectivity index (χ2n) is 11.7. The average Bonchev–Trinajstić information content (AvgIpc) is 3.05. The first-order valence-electron chi connectivity index (χ1n) is 15.6. The molecule has 242 valence electrons. The molecule has 2 amide bonds. The van der Waals surface area contributed by atoms with Crippen LogP contribution in [-0.4, -0.2) is 43.8 Å². The SMILES string of the molecule is CC[C@H](C)NC(=O)[C@H](Cc1ccccc1)N(Cc1cccc(Cl)c1)C(=O)CN(c1ccc(C(C)C)cc1)S(=O)(=O)c1ccccc1. The molecule has 1 N–H and O–H groups in total. The van der Waals surface area contributed by atoms with Crippen molar-refractivity contribution in [1.82, 2.24) is 10.2 Å². The molecule has 0 saturated heterocycles. The van der Waals surface area contributed by atoms with Gasteiger partial charge in [-0.15, -0.1) is 0 Å². The van der Waals surface area contributed by atoms with E-state index in [-0.39, 0.29) is 35.7 Å². The smallest absolute Gasteiger partial charge is 0.264 e. The number of benzene rings is 4. The minimum atomic E-state index is -4.16. The fourth-order valence-corrected chi connectivity index (χ4v) is 6.75. The van der Waals surface area contributed by atoms with Crippen molar-refractivity contribution in [2.75, 3.05) is 10.8 Å². The second-order valence-corrected chi connectivity index (χ2v) is 14.0. The maximum absolute atomic E-state index is 14.6. The summed E-state index contributed by atoms with van der Waals surface area (Å²) < 4.78 is 29.4. The van der Waals surface area contributed by atoms with E-state index in [1.165, 1.54) is 17.0 Å². The van der Waals surface area contributed by atoms with E-state index in [9.17, 15) is 18.0 Å². The van der Waals surface area contributed by atoms with Gasteiger partial charge in [0.05, 0.1) is 10.6 Å². The third-order valence-corrected chi connectivity index (χ3v) is 10.00. The number of amides is 2. The number of carbonyl (C=O) groups excluding carboxylic acids is 2. The lowest BCUT2D eigenvalue weighted by atomic mass is 10.0. The summed E-state index contributed by atoms with van der Waals surface area (Å²) in [6, 6.07) is 30.8. The Morgan fingerprint density at radius 1 is 0.804 bits per heavy atom. The predicted octanol–water partition coefficient (Wildman–Crippen LogP) is 7.21. The molecule has 7 nitrogen and oxygen atoms in total. The van der Waals surface area contributed by atoms with Gasteiger partial charge in [-0.3, -0.25) is 13.9 Å². The first kappa shape index (κ1) is 34.7. The monoisotopic (exact) mass is 659 g/mol. The van der Waals surface area contributed by atoms with Gasteiger partial charge in [-0.25, -0.2) is 8.42 Å². The van der Waals surface area contributed by atoms with Crippen LogP contribution in [0.25, 0.3) is 0 Å². The van der Waals surface area contributed by atoms with E-state index < -0.39 is 28.5 Å². The zero-order chi connectivity index (χ0) is 33.3. The minimum Gasteiger partial charge on any atom is -0.352 e. The number of hydrogen-bond donors (Lipinski definition) is 1. The largest absolute Gasteiger partial charge is 0.352 e. The number of nitrogens with zero attached hydrogens (tertiary/aromatic N) is 2. The van der Waals surface area contributed by atoms with Crippen LogP contribution in [0.1, 0.15) is 56.7 Å². The highest BCUT2D eigenvalue weighted by molar-refractivity contribution is 7.92. The van der Waals surface area contributed by atoms with E-state index >= 15 is 0 Å². The van der Waals surface area contributed by atoms with Gasteiger partial charge in [0.2, 0.25) is 11.8 Å². The molecule has 4 aromatic rings. The fraction of sp³-hybridized carbons (Fsp3) is 0.297. The summed E-state index contributed by atoms with van der Waals surface area (Å²) in [7, 11) is -4.16. The lowest BCUT2D eigenvalue weighted by Crippen LogP contribution is -2.54. The molecule has 0 aromatic heterocycles. The Morgan fingerprint density at radius 2 is 1.41 bits per heavy atom. The van der Waals surface area contributed by atoms with Crippen molar-refractivity contribution >= 4 is 39.1 Å². The van der Waals surface area contributed by atoms with Crippen molar-refractivity contribution in [3.63, 3.8) is 0 Å². The Labute approximate surface area is 278 Å². The van der Waals surface area contributed by atoms with E-state index in [4.69, 9.17) is 11.6 Å². The van der Waals surface area contributed by atoms with Gasteiger partial charge in [0.15, 0.2) is 0 Å². The summed E-state index contributed by atoms with van der Waals surface area (Å²) in [6.07, 6.45) is 0.950. The first-order chi connectivity index (χ1) is 22.0. The summed E-state index contributed by atoms with van der Waals surface area (Å²) in [6.45, 7) is 7.54. The molecular formula is C37H42ClN3O4S. The summed E-state index contributed by atoms with van der Waals surface area (Å²) in [5.41, 5.74) is 2.98. The number of carbonyl (C=O) groups is 2. The van der Waals surface area contributed by atoms with Gasteiger partial charge < -0.3 is 10.2 Å². The van der Waals surface area contributed by atoms with E-state index in [1.807, 2.05) is 62.4 Å². The molecule has 0 saturated carbocycles. The second kappa shape index (κ2) is 15.9. The minimum absolute atomic E-state index is 0.0519. The molecule has 0 fully saturated rings. The molecule has 9 heteroatoms. The van der Waals surface area contributed by atoms with Crippen molar-refractivity contribution < 1.29 is 18.0 Å². The van der Waals surface area contributed by atoms with Crippen LogP contribution in [0.2, 0.25) is 5.02 Å². The van der Waals surface area contributed by atoms with Crippen LogP contribution < -0.4 is 9.62 Å². The van der Waals surface area contributed by atoms with Crippen molar-refractivity contribution in [2.24, 2.45) is 0 Å². The predicted molar refractivity (Wildman–Crippen MR) is 185 cm³/mol. The quantitative estimate of drug-likeness (QED) is 0.155. The topological polar surface area (TPSA) is 86.8 Å². The van der Waals surface area contributed by atoms with Gasteiger partial charge in [0.25, 0.3) is 10.0 Å². The summed E-state index contributed by atoms with van der Waals surface area (Å²) in [4.78, 5) is 30.0. The molecule has 4 aromatic carbocycles. The number of hydrogen-bond acceptors (Lipinski definition) is 4. The Morgan fingerprint density at radius 3 is 2.00 bits per heavy atom. The van der Waals surface area contributed by atoms with Crippen LogP contribution in [0.3, 0.4) is 0 Å². The first-order valence-corrected chi connectivity index (χ1v) is 17.4. The van der Waals surface area contributed by atoms with Gasteiger partial charge in [0.1, 0.15) is 12.6 Å². The Bertz CT molecular complexity index is 1700. The molecule has 0 spiro atoms. The van der Waals surface area contributed by atoms with E-state index in [1.54, 1.807) is 48.5 Å². The lowest BCUT2D eigenvalue weighted by molar-refractivity contribution is -0.140. The molecule has 0 aliphatic carbocycles. The molecule has 0 aliphatic heterocycles. The highest BCUT2D eigenvalue weighted by Crippen LogP contribution is 2.27. The fourth-order valence-electron chi connectivity index (χ4n) is 5.10. The molecule has 0 radical (unpaired) electrons. The van der Waals surface area contributed by atoms with E-state index in [2.05, 4.69) is 19.2 Å². The van der Waals surface area contributed by atoms with E-state index in [0.717, 1.165) is 15.4 Å². The summed E-state index contributed by atoms with van der Waals surface area (Å²) in [5, 5.41) is 3.54. The van der Waals surface area contributed by atoms with Crippen molar-refractivity contribution in [2.45, 2.75) is 70.0 Å². The van der Waals surface area contributed by atoms with Crippen LogP contribution in [-0.2, 0) is 32.6 Å². The maximum Gasteiger partial charge on any atom is 0.264 e. The van der Waals surface area contributed by atoms with E-state index in [0.29, 0.717) is 22.7 Å². The van der Waals surface area contributed by atoms with Crippen LogP contribution in [0, 0.1) is 0 Å². The van der Waals surface area contributed by atoms with Gasteiger partial charge in [-0.05, 0) is 72.4 Å². The number of nitrogens with one attached hydrogen (secondary N) is 1. The highest BCUT2D eigenvalue weighted by Gasteiger charge is 2.35. The normalized spacial score (nSPS) is 12.7. The number of halogens is 1. The molecule has 0 heterocycles. The molecular weight excluding hydrogens is 618 g/mol. The van der Waals surface area contributed by atoms with Gasteiger partial charge >= 0.3 is 0 Å². The standard InChI is InChI=1S/C37H42ClN3O4S/c1-5-28(4)39-37(43)35(24-29-13-8-6-9-14-29)40(25-30-15-12-16-32(38)23-30)36(42)26-41(33-21-19-31(20-22-33)27(2)3)46(44,45)34-17-10-7-11-18-34/h6-23,27-28,35H,5,24-26H2,1-4H3,(H,39,43)/t28-,35-/m0/s1. The van der Waals surface area contributed by atoms with Crippen LogP contribution >= 0.6 is 11.6 Å². The van der Waals surface area contributed by atoms with Crippen molar-refractivity contribution in [1.29, 1.82) is 0 Å². The van der Waals surface area contributed by atoms with Crippen LogP contribution in [0.4, 0.5) is 5.69 Å². The third-order valence-electron chi connectivity index (χ3n) is 7.97. The number of anilines is 1. The average molecular weight is 660 g/mol. The van der Waals surface area contributed by atoms with Gasteiger partial charge in [-0.1, -0.05) is 105 Å². The van der Waals surface area contributed by atoms with Crippen LogP contribution in [0.15, 0.2) is 114 Å². The Kier molecular flexibility index (Phi) is 12.0. The van der Waals surface area contributed by atoms with Crippen molar-refractivity contribution in [3.05, 3.63) is 131 Å². The lowest BCUT2D eigenvalue weighted by Gasteiger charge is -2.34. The number of sulfonamides is 1. The number of rotatable bonds is 14. The third kappa shape index (κ3) is 8.98. The molecule has 0 unspecified atom stereocenters. The summed E-state index contributed by atoms with van der Waals surface area (Å²) in [5.74, 6) is -0.592. The highest BCUT2D eigenvalue weighted by atomic mass is 35.5. The Balaban J connectivity index is 1.81. The van der Waals surface area contributed by atoms with Gasteiger partial charge in [0, 0.05) is 24.0 Å². The summed E-state index contributed by atoms with van der Waals surface area (Å²) >= 11 is 6.32. The molecule has 0 aliphatic rings. The van der Waals surface area contributed by atoms with Gasteiger partial charge in [-0.2, -0.15) is 0 Å². The molecule has 4 rings (SSSR count). The molecule has 2 atom stereocenters. The Hall–Kier alpha value is -4.14.